The van der Waals surface area contributed by atoms with Gasteiger partial charge in [0.05, 0.1) is 98.2 Å². The molecule has 32 heteroatoms. The van der Waals surface area contributed by atoms with E-state index in [1.165, 1.54) is 7.11 Å². The van der Waals surface area contributed by atoms with E-state index in [4.69, 9.17) is 84.8 Å². The molecule has 0 aromatic carbocycles. The number of ether oxygens (including phenoxy) is 6. The number of halogens is 5. The van der Waals surface area contributed by atoms with Crippen LogP contribution in [0.1, 0.15) is 337 Å². The van der Waals surface area contributed by atoms with Crippen molar-refractivity contribution in [1.29, 1.82) is 27.7 Å². The molecule has 2 heterocycles. The maximum atomic E-state index is 13.0. The number of nitrogens with zero attached hydrogens (tertiary/aromatic N) is 8. The van der Waals surface area contributed by atoms with E-state index in [1.807, 2.05) is 60.6 Å². The van der Waals surface area contributed by atoms with Crippen LogP contribution in [0.4, 0.5) is 0 Å². The molecule has 2 rings (SSSR count). The molecule has 2 aliphatic heterocycles. The van der Waals surface area contributed by atoms with Gasteiger partial charge in [-0.25, -0.2) is 0 Å². The summed E-state index contributed by atoms with van der Waals surface area (Å²) in [6.45, 7) is 86.5. The average molecular weight is 2190 g/mol. The molecule has 0 radical (unpaired) electrons. The summed E-state index contributed by atoms with van der Waals surface area (Å²) in [6, 6.07) is 12.7. The van der Waals surface area contributed by atoms with E-state index in [9.17, 15) is 28.8 Å². The van der Waals surface area contributed by atoms with E-state index in [2.05, 4.69) is 301 Å². The van der Waals surface area contributed by atoms with Gasteiger partial charge in [-0.1, -0.05) is 200 Å². The minimum absolute atomic E-state index is 0.0162. The SMILES string of the molecule is C#CCC(C)(C)O.CC(C)(CC#N)OC(=O)CBr.CC(C)(CC#N)OC(=O)CBr.CC(C)C(C(C)C)P(CC(=O)OC(C)(C)CC#N)C(C(C)C)C(C)C.CC(C)C(C(C)C)P(CC(=O)OC(C)(C)CC#N)C(C(C)C)C(C)C.CC(C)N(C(C)C)P(Cl)N(C(C)C)C(C)C.O=C(Br)CBr.[2H]C[C@]12COC(C1OP(CC(=O)CC(C)(C)CC#N)N(C(C)C)C(C)C)[C@H](C)O2.[3H]OC. The maximum absolute atomic E-state index is 13.0. The van der Waals surface area contributed by atoms with Gasteiger partial charge in [0.1, 0.15) is 72.5 Å². The Bertz CT molecular complexity index is 3240. The van der Waals surface area contributed by atoms with Gasteiger partial charge in [0.25, 0.3) is 0 Å². The Labute approximate surface area is 839 Å². The monoisotopic (exact) mass is 2190 g/mol. The van der Waals surface area contributed by atoms with Gasteiger partial charge in [-0.05, 0) is 257 Å². The molecule has 130 heavy (non-hydrogen) atoms. The fourth-order valence-electron chi connectivity index (χ4n) is 16.1. The zero-order valence-corrected chi connectivity index (χ0v) is 98.9. The van der Waals surface area contributed by atoms with Crippen LogP contribution in [0.3, 0.4) is 0 Å². The summed E-state index contributed by atoms with van der Waals surface area (Å²) in [5, 5.41) is 56.7. The molecule has 3 unspecified atom stereocenters. The fourth-order valence-corrected chi connectivity index (χ4v) is 31.0. The molecule has 2 fully saturated rings. The van der Waals surface area contributed by atoms with Crippen molar-refractivity contribution in [3.05, 3.63) is 0 Å². The third kappa shape index (κ3) is 62.0. The number of hydrogen-bond donors (Lipinski definition) is 2. The summed E-state index contributed by atoms with van der Waals surface area (Å²) in [4.78, 5) is 69.5. The van der Waals surface area contributed by atoms with Gasteiger partial charge < -0.3 is 43.2 Å². The van der Waals surface area contributed by atoms with Gasteiger partial charge in [0, 0.05) is 64.0 Å². The van der Waals surface area contributed by atoms with Gasteiger partial charge in [-0.2, -0.15) is 26.3 Å². The number of terminal acetylenes is 1. The van der Waals surface area contributed by atoms with Gasteiger partial charge in [-0.15, -0.1) is 12.3 Å². The lowest BCUT2D eigenvalue weighted by Gasteiger charge is -2.43. The molecule has 2 bridgehead atoms. The van der Waals surface area contributed by atoms with Crippen LogP contribution < -0.4 is 0 Å². The van der Waals surface area contributed by atoms with Gasteiger partial charge in [-0.3, -0.25) is 42.8 Å². The van der Waals surface area contributed by atoms with E-state index < -0.39 is 65.3 Å². The first-order valence-electron chi connectivity index (χ1n) is 46.8. The Kier molecular flexibility index (Phi) is 73.9. The molecular formula is C98H181Br4ClN8O15P4. The second kappa shape index (κ2) is 70.5. The lowest BCUT2D eigenvalue weighted by molar-refractivity contribution is -0.153. The Morgan fingerprint density at radius 2 is 0.754 bits per heavy atom. The largest absolute Gasteiger partial charge is 0.458 e. The third-order valence-corrected chi connectivity index (χ3v) is 37.6. The number of hydrogen-bond acceptors (Lipinski definition) is 23. The van der Waals surface area contributed by atoms with Crippen LogP contribution in [0.5, 0.6) is 0 Å². The summed E-state index contributed by atoms with van der Waals surface area (Å²) in [5.41, 5.74) is -2.36. The maximum Gasteiger partial charge on any atom is 0.317 e. The van der Waals surface area contributed by atoms with Crippen LogP contribution in [0.25, 0.3) is 0 Å². The number of fused-ring (bicyclic) bond motifs is 2. The summed E-state index contributed by atoms with van der Waals surface area (Å²) < 4.78 is 60.6. The molecule has 0 aromatic heterocycles. The van der Waals surface area contributed by atoms with Crippen LogP contribution in [0.2, 0.25) is 0 Å². The molecule has 2 N–H and O–H groups in total. The van der Waals surface area contributed by atoms with Crippen LogP contribution in [-0.2, 0) is 61.7 Å². The van der Waals surface area contributed by atoms with Crippen LogP contribution in [0.15, 0.2) is 0 Å². The number of aliphatic hydroxyl groups excluding tert-OH is 1. The Morgan fingerprint density at radius 3 is 0.946 bits per heavy atom. The van der Waals surface area contributed by atoms with E-state index in [-0.39, 0.29) is 113 Å². The van der Waals surface area contributed by atoms with Gasteiger partial charge >= 0.3 is 23.9 Å². The molecule has 0 aromatic rings. The minimum atomic E-state index is -1.23. The Balaban J connectivity index is -0.000000282. The zero-order valence-electron chi connectivity index (χ0n) is 90.2. The predicted octanol–water partition coefficient (Wildman–Crippen LogP) is 26.0. The average Bonchev–Trinajstić information content (AvgIpc) is 1.58. The highest BCUT2D eigenvalue weighted by molar-refractivity contribution is 9.19. The molecule has 758 valence electrons. The summed E-state index contributed by atoms with van der Waals surface area (Å²) in [6.07, 6.45) is 7.59. The number of carbonyl (C=O) groups excluding carboxylic acids is 6. The molecule has 5 atom stereocenters. The minimum Gasteiger partial charge on any atom is -0.458 e. The molecule has 0 saturated carbocycles. The number of ketones is 1. The molecular weight excluding hydrogens is 2010 g/mol. The highest BCUT2D eigenvalue weighted by Crippen LogP contribution is 2.59. The van der Waals surface area contributed by atoms with Crippen LogP contribution in [-0.4, -0.2) is 219 Å². The van der Waals surface area contributed by atoms with Crippen LogP contribution >= 0.6 is 107 Å². The number of Topliss-reactive ketones (excluding diaryl/α,β-unsaturated/α-hetero) is 1. The normalized spacial score (nSPS) is 16.2. The van der Waals surface area contributed by atoms with Gasteiger partial charge in [0.2, 0.25) is 6.12 Å². The number of rotatable bonds is 44. The topological polar surface area (TPSA) is 336 Å². The number of esters is 4. The highest BCUT2D eigenvalue weighted by Gasteiger charge is 2.59. The standard InChI is InChI=1S/C21H37N2O4P.2C21H40NO2P.C12H28ClN2P.2C7H10BrNO2.C6H10O.C2H2Br2O.CH4O/c1-14(2)23(15(3)4)28(12-17(24)11-20(6,7)9-10-22)27-19-18-16(5)26-21(19,8)13-25-18;2*1-14(2)19(15(3)4)25(20(16(5)6)17(7)8)13-18(23)24-21(9,10)11-12-22;1-9(2)14(10(3)4)16(13)15(11(5)6)12(7)8;2*1-7(2,3-4-9)11-6(10)5-8;1-4-5-6(2,3)7;3-1-2(4)5;1-2/h14-16,18-19H,9,11-13H2,1-8H3;2*14-17,19-20H,11,13H2,1-10H3;9-12H,1-8H3;2*3,5H2,1-2H3;1,7H,5H2,2-3H3;1H2;2H,1H3/t16-,18?,19?,21-,28?;;;;;;;;/m0......../s1/i8D;;;;;;;;2T. The van der Waals surface area contributed by atoms with Crippen molar-refractivity contribution in [2.75, 3.05) is 48.2 Å². The van der Waals surface area contributed by atoms with E-state index in [0.29, 0.717) is 144 Å². The first-order valence-corrected chi connectivity index (χ1v) is 56.8. The smallest absolute Gasteiger partial charge is 0.317 e. The van der Waals surface area contributed by atoms with Gasteiger partial charge in [0.15, 0.2) is 0 Å². The molecule has 23 nitrogen and oxygen atoms in total. The van der Waals surface area contributed by atoms with Crippen molar-refractivity contribution in [2.45, 2.75) is 447 Å². The number of carbonyl (C=O) groups is 6. The van der Waals surface area contributed by atoms with Crippen LogP contribution in [0, 0.1) is 122 Å². The highest BCUT2D eigenvalue weighted by atomic mass is 79.9. The fraction of sp³-hybridized carbons (Fsp3) is 0.867. The van der Waals surface area contributed by atoms with Crippen molar-refractivity contribution in [1.82, 2.24) is 14.0 Å². The van der Waals surface area contributed by atoms with Crippen molar-refractivity contribution in [3.63, 3.8) is 0 Å². The van der Waals surface area contributed by atoms with E-state index in [1.54, 1.807) is 41.5 Å². The summed E-state index contributed by atoms with van der Waals surface area (Å²) in [5.74, 6) is 5.89. The second-order valence-electron chi connectivity index (χ2n) is 41.3. The van der Waals surface area contributed by atoms with E-state index >= 15 is 0 Å². The molecule has 0 spiro atoms. The second-order valence-corrected chi connectivity index (χ2v) is 53.0. The first kappa shape index (κ1) is 136. The zero-order chi connectivity index (χ0) is 106. The molecule has 2 saturated heterocycles. The first-order chi connectivity index (χ1) is 60.1. The number of aliphatic hydroxyl groups is 2. The molecule has 2 aliphatic rings. The lowest BCUT2D eigenvalue weighted by Crippen LogP contribution is -2.41. The van der Waals surface area contributed by atoms with E-state index in [0.717, 1.165) is 0 Å². The lowest BCUT2D eigenvalue weighted by atomic mass is 9.85. The molecule has 0 aliphatic carbocycles. The Hall–Kier alpha value is -2.16. The predicted molar refractivity (Wildman–Crippen MR) is 560 cm³/mol. The third-order valence-electron chi connectivity index (χ3n) is 19.9. The summed E-state index contributed by atoms with van der Waals surface area (Å²) in [7, 11) is -1.67. The van der Waals surface area contributed by atoms with Crippen molar-refractivity contribution < 1.29 is 73.3 Å². The Morgan fingerprint density at radius 1 is 0.492 bits per heavy atom. The number of alkyl halides is 3. The quantitative estimate of drug-likeness (QED) is 0.0143. The number of nitriles is 5. The van der Waals surface area contributed by atoms with Crippen molar-refractivity contribution in [3.8, 4) is 42.7 Å². The van der Waals surface area contributed by atoms with Crippen molar-refractivity contribution >= 4 is 141 Å². The van der Waals surface area contributed by atoms with Crippen molar-refractivity contribution in [2.24, 2.45) is 52.8 Å². The summed E-state index contributed by atoms with van der Waals surface area (Å²) >= 11 is 18.2. The molecule has 0 amide bonds.